The second kappa shape index (κ2) is 7.92. The number of amides is 2. The molecule has 2 aromatic rings. The van der Waals surface area contributed by atoms with Gasteiger partial charge < -0.3 is 20.1 Å². The van der Waals surface area contributed by atoms with Gasteiger partial charge in [-0.15, -0.1) is 0 Å². The van der Waals surface area contributed by atoms with Crippen LogP contribution in [0.1, 0.15) is 27.6 Å². The van der Waals surface area contributed by atoms with E-state index in [1.165, 1.54) is 0 Å². The molecule has 2 aromatic carbocycles. The van der Waals surface area contributed by atoms with Crippen molar-refractivity contribution in [2.24, 2.45) is 0 Å². The molecule has 1 saturated heterocycles. The molecular formula is C19H20N2O4. The molecule has 0 aliphatic carbocycles. The van der Waals surface area contributed by atoms with Crippen molar-refractivity contribution in [3.63, 3.8) is 0 Å². The van der Waals surface area contributed by atoms with Crippen LogP contribution in [0.4, 0.5) is 0 Å². The summed E-state index contributed by atoms with van der Waals surface area (Å²) in [7, 11) is 0. The van der Waals surface area contributed by atoms with E-state index in [2.05, 4.69) is 10.6 Å². The second-order valence-corrected chi connectivity index (χ2v) is 5.80. The third-order valence-electron chi connectivity index (χ3n) is 3.78. The monoisotopic (exact) mass is 340 g/mol. The van der Waals surface area contributed by atoms with Gasteiger partial charge in [0, 0.05) is 11.1 Å². The summed E-state index contributed by atoms with van der Waals surface area (Å²) in [4.78, 5) is 24.7. The number of hydrogen-bond acceptors (Lipinski definition) is 4. The fraction of sp³-hybridized carbons (Fsp3) is 0.263. The first-order chi connectivity index (χ1) is 12.1. The summed E-state index contributed by atoms with van der Waals surface area (Å²) in [5.74, 6) is -0.579. The Kier molecular flexibility index (Phi) is 5.42. The maximum atomic E-state index is 12.4. The van der Waals surface area contributed by atoms with Crippen LogP contribution in [0.2, 0.25) is 0 Å². The zero-order valence-electron chi connectivity index (χ0n) is 13.8. The lowest BCUT2D eigenvalue weighted by molar-refractivity contribution is -0.187. The highest BCUT2D eigenvalue weighted by Crippen LogP contribution is 2.13. The van der Waals surface area contributed by atoms with Gasteiger partial charge in [-0.1, -0.05) is 36.4 Å². The third-order valence-corrected chi connectivity index (χ3v) is 3.78. The molecule has 0 bridgehead atoms. The van der Waals surface area contributed by atoms with Gasteiger partial charge in [-0.05, 0) is 31.2 Å². The van der Waals surface area contributed by atoms with Gasteiger partial charge in [-0.3, -0.25) is 9.59 Å². The molecule has 1 aliphatic rings. The largest absolute Gasteiger partial charge is 0.351 e. The van der Waals surface area contributed by atoms with Crippen LogP contribution in [0.15, 0.2) is 60.7 Å². The Morgan fingerprint density at radius 3 is 1.84 bits per heavy atom. The summed E-state index contributed by atoms with van der Waals surface area (Å²) < 4.78 is 11.4. The molecule has 0 radical (unpaired) electrons. The van der Waals surface area contributed by atoms with Crippen molar-refractivity contribution in [1.82, 2.24) is 10.6 Å². The summed E-state index contributed by atoms with van der Waals surface area (Å²) in [6, 6.07) is 17.6. The van der Waals surface area contributed by atoms with Gasteiger partial charge in [-0.2, -0.15) is 0 Å². The van der Waals surface area contributed by atoms with Crippen LogP contribution < -0.4 is 10.6 Å². The minimum atomic E-state index is -0.774. The fourth-order valence-electron chi connectivity index (χ4n) is 2.52. The van der Waals surface area contributed by atoms with Crippen molar-refractivity contribution >= 4 is 11.8 Å². The van der Waals surface area contributed by atoms with E-state index < -0.39 is 12.5 Å². The van der Waals surface area contributed by atoms with Crippen LogP contribution in [-0.4, -0.2) is 37.0 Å². The van der Waals surface area contributed by atoms with E-state index in [1.807, 2.05) is 19.1 Å². The summed E-state index contributed by atoms with van der Waals surface area (Å²) in [5.41, 5.74) is 1.02. The van der Waals surface area contributed by atoms with Crippen LogP contribution in [0.3, 0.4) is 0 Å². The number of carbonyl (C=O) groups is 2. The van der Waals surface area contributed by atoms with Gasteiger partial charge in [0.2, 0.25) is 0 Å². The van der Waals surface area contributed by atoms with Crippen LogP contribution in [-0.2, 0) is 9.47 Å². The lowest BCUT2D eigenvalue weighted by atomic mass is 10.2. The SMILES string of the molecule is C[C@@H]1CO[C@H](NC(=O)c2ccccc2)[C@@H](NC(=O)c2ccccc2)O1. The molecule has 2 amide bonds. The van der Waals surface area contributed by atoms with E-state index in [4.69, 9.17) is 9.47 Å². The maximum Gasteiger partial charge on any atom is 0.253 e. The van der Waals surface area contributed by atoms with Crippen molar-refractivity contribution in [3.05, 3.63) is 71.8 Å². The first-order valence-corrected chi connectivity index (χ1v) is 8.12. The number of rotatable bonds is 4. The normalized spacial score (nSPS) is 22.8. The van der Waals surface area contributed by atoms with Crippen molar-refractivity contribution < 1.29 is 19.1 Å². The molecule has 1 fully saturated rings. The van der Waals surface area contributed by atoms with Crippen molar-refractivity contribution in [2.75, 3.05) is 6.61 Å². The quantitative estimate of drug-likeness (QED) is 0.892. The average molecular weight is 340 g/mol. The summed E-state index contributed by atoms with van der Waals surface area (Å²) in [6.45, 7) is 2.17. The molecule has 1 aliphatic heterocycles. The van der Waals surface area contributed by atoms with Crippen molar-refractivity contribution in [3.8, 4) is 0 Å². The Balaban J connectivity index is 1.68. The van der Waals surface area contributed by atoms with Gasteiger partial charge in [0.1, 0.15) is 0 Å². The predicted octanol–water partition coefficient (Wildman–Crippen LogP) is 1.93. The Labute approximate surface area is 146 Å². The Hall–Kier alpha value is -2.70. The zero-order valence-corrected chi connectivity index (χ0v) is 13.8. The third kappa shape index (κ3) is 4.43. The van der Waals surface area contributed by atoms with E-state index in [0.717, 1.165) is 0 Å². The maximum absolute atomic E-state index is 12.4. The second-order valence-electron chi connectivity index (χ2n) is 5.80. The van der Waals surface area contributed by atoms with E-state index >= 15 is 0 Å². The molecule has 6 nitrogen and oxygen atoms in total. The smallest absolute Gasteiger partial charge is 0.253 e. The Morgan fingerprint density at radius 2 is 1.32 bits per heavy atom. The fourth-order valence-corrected chi connectivity index (χ4v) is 2.52. The van der Waals surface area contributed by atoms with Crippen LogP contribution in [0.25, 0.3) is 0 Å². The molecule has 0 aromatic heterocycles. The molecular weight excluding hydrogens is 320 g/mol. The Bertz CT molecular complexity index is 721. The minimum absolute atomic E-state index is 0.189. The first kappa shape index (κ1) is 17.1. The number of hydrogen-bond donors (Lipinski definition) is 2. The van der Waals surface area contributed by atoms with Crippen LogP contribution in [0, 0.1) is 0 Å². The average Bonchev–Trinajstić information content (AvgIpc) is 2.65. The molecule has 3 rings (SSSR count). The van der Waals surface area contributed by atoms with E-state index in [1.54, 1.807) is 48.5 Å². The van der Waals surface area contributed by atoms with Crippen molar-refractivity contribution in [2.45, 2.75) is 25.5 Å². The summed E-state index contributed by atoms with van der Waals surface area (Å²) in [5, 5.41) is 5.53. The van der Waals surface area contributed by atoms with Gasteiger partial charge in [0.05, 0.1) is 12.7 Å². The Morgan fingerprint density at radius 1 is 0.840 bits per heavy atom. The summed E-state index contributed by atoms with van der Waals surface area (Å²) >= 11 is 0. The molecule has 3 atom stereocenters. The van der Waals surface area contributed by atoms with Crippen LogP contribution >= 0.6 is 0 Å². The highest BCUT2D eigenvalue weighted by atomic mass is 16.6. The van der Waals surface area contributed by atoms with Gasteiger partial charge >= 0.3 is 0 Å². The molecule has 0 saturated carbocycles. The standard InChI is InChI=1S/C19H20N2O4/c1-13-12-24-18(20-16(22)14-8-4-2-5-9-14)19(25-13)21-17(23)15-10-6-3-7-11-15/h2-11,13,18-19H,12H2,1H3,(H,20,22)(H,21,23)/t13-,18+,19+/m1/s1. The number of carbonyl (C=O) groups excluding carboxylic acids is 2. The molecule has 6 heteroatoms. The van der Waals surface area contributed by atoms with E-state index in [9.17, 15) is 9.59 Å². The molecule has 1 heterocycles. The number of nitrogens with one attached hydrogen (secondary N) is 2. The highest BCUT2D eigenvalue weighted by molar-refractivity contribution is 5.95. The molecule has 130 valence electrons. The van der Waals surface area contributed by atoms with E-state index in [0.29, 0.717) is 17.7 Å². The highest BCUT2D eigenvalue weighted by Gasteiger charge is 2.33. The summed E-state index contributed by atoms with van der Waals surface area (Å²) in [6.07, 6.45) is -1.73. The van der Waals surface area contributed by atoms with Crippen LogP contribution in [0.5, 0.6) is 0 Å². The van der Waals surface area contributed by atoms with Gasteiger partial charge in [0.15, 0.2) is 12.5 Å². The molecule has 0 unspecified atom stereocenters. The lowest BCUT2D eigenvalue weighted by Crippen LogP contribution is -2.58. The minimum Gasteiger partial charge on any atom is -0.351 e. The first-order valence-electron chi connectivity index (χ1n) is 8.12. The predicted molar refractivity (Wildman–Crippen MR) is 91.9 cm³/mol. The number of benzene rings is 2. The number of ether oxygens (including phenoxy) is 2. The van der Waals surface area contributed by atoms with Gasteiger partial charge in [0.25, 0.3) is 11.8 Å². The zero-order chi connectivity index (χ0) is 17.6. The molecule has 2 N–H and O–H groups in total. The van der Waals surface area contributed by atoms with E-state index in [-0.39, 0.29) is 17.9 Å². The lowest BCUT2D eigenvalue weighted by Gasteiger charge is -2.35. The molecule has 25 heavy (non-hydrogen) atoms. The van der Waals surface area contributed by atoms with Gasteiger partial charge in [-0.25, -0.2) is 0 Å². The van der Waals surface area contributed by atoms with Crippen molar-refractivity contribution in [1.29, 1.82) is 0 Å². The topological polar surface area (TPSA) is 76.7 Å². The molecule has 0 spiro atoms.